The highest BCUT2D eigenvalue weighted by Crippen LogP contribution is 2.38. The van der Waals surface area contributed by atoms with Crippen LogP contribution >= 0.6 is 0 Å². The standard InChI is InChI=1S/C20H27N5O2S/c21-12-18(17-9-1-2-10-23-17)28(22,27)25-20(26)24-19-15-7-3-5-13(15)11-14-6-4-8-16(14)19/h11-12,21,23H,1-10H2,(H3,22,24,25,26,27)/b18-17+,21-12?. The van der Waals surface area contributed by atoms with E-state index in [9.17, 15) is 9.00 Å². The molecule has 1 unspecified atom stereocenters. The number of piperidine rings is 1. The zero-order valence-electron chi connectivity index (χ0n) is 16.0. The van der Waals surface area contributed by atoms with E-state index in [1.165, 1.54) is 22.3 Å². The molecule has 0 spiro atoms. The molecular weight excluding hydrogens is 374 g/mol. The van der Waals surface area contributed by atoms with Gasteiger partial charge in [-0.25, -0.2) is 14.1 Å². The number of carbonyl (C=O) groups is 1. The fourth-order valence-corrected chi connectivity index (χ4v) is 5.67. The molecule has 1 aromatic carbocycles. The van der Waals surface area contributed by atoms with Crippen LogP contribution in [0.1, 0.15) is 54.4 Å². The van der Waals surface area contributed by atoms with Crippen molar-refractivity contribution in [2.75, 3.05) is 11.9 Å². The fraction of sp³-hybridized carbons (Fsp3) is 0.500. The number of aryl methyl sites for hydroxylation is 2. The first-order chi connectivity index (χ1) is 13.5. The van der Waals surface area contributed by atoms with Gasteiger partial charge in [0.2, 0.25) is 0 Å². The van der Waals surface area contributed by atoms with Gasteiger partial charge in [0.1, 0.15) is 9.92 Å². The first kappa shape index (κ1) is 19.1. The molecule has 0 bridgehead atoms. The molecule has 1 atom stereocenters. The number of rotatable bonds is 3. The second-order valence-corrected chi connectivity index (χ2v) is 9.45. The molecule has 1 aromatic rings. The SMILES string of the molecule is N=C/C(=C1/CCCCN1)S(N)(=O)=NC(=O)Nc1c2c(cc3c1CCC3)CCC2. The summed E-state index contributed by atoms with van der Waals surface area (Å²) in [4.78, 5) is 12.8. The van der Waals surface area contributed by atoms with Crippen molar-refractivity contribution >= 4 is 27.8 Å². The number of allylic oxidation sites excluding steroid dienone is 2. The van der Waals surface area contributed by atoms with Crippen LogP contribution in [0.25, 0.3) is 0 Å². The number of amides is 2. The van der Waals surface area contributed by atoms with Crippen LogP contribution in [0.5, 0.6) is 0 Å². The molecule has 5 N–H and O–H groups in total. The number of benzene rings is 1. The minimum Gasteiger partial charge on any atom is -0.387 e. The quantitative estimate of drug-likeness (QED) is 0.582. The summed E-state index contributed by atoms with van der Waals surface area (Å²) in [7, 11) is -3.48. The maximum atomic E-state index is 13.0. The Morgan fingerprint density at radius 1 is 1.11 bits per heavy atom. The van der Waals surface area contributed by atoms with E-state index in [2.05, 4.69) is 21.1 Å². The summed E-state index contributed by atoms with van der Waals surface area (Å²) in [5, 5.41) is 19.6. The Hall–Kier alpha value is -2.19. The number of fused-ring (bicyclic) bond motifs is 2. The number of nitrogens with two attached hydrogens (primary N) is 1. The lowest BCUT2D eigenvalue weighted by Crippen LogP contribution is -2.28. The molecule has 0 aromatic heterocycles. The normalized spacial score (nSPS) is 21.8. The van der Waals surface area contributed by atoms with Gasteiger partial charge in [0.05, 0.1) is 4.91 Å². The fourth-order valence-electron chi connectivity index (χ4n) is 4.58. The Bertz CT molecular complexity index is 949. The van der Waals surface area contributed by atoms with Gasteiger partial charge >= 0.3 is 6.03 Å². The van der Waals surface area contributed by atoms with Crippen LogP contribution in [0.2, 0.25) is 0 Å². The summed E-state index contributed by atoms with van der Waals surface area (Å²) in [6.07, 6.45) is 9.69. The van der Waals surface area contributed by atoms with Crippen molar-refractivity contribution < 1.29 is 9.00 Å². The molecule has 1 aliphatic heterocycles. The molecule has 0 radical (unpaired) electrons. The van der Waals surface area contributed by atoms with Gasteiger partial charge in [-0.05, 0) is 80.0 Å². The Morgan fingerprint density at radius 2 is 1.79 bits per heavy atom. The van der Waals surface area contributed by atoms with Gasteiger partial charge in [0.15, 0.2) is 0 Å². The van der Waals surface area contributed by atoms with Crippen molar-refractivity contribution in [3.8, 4) is 0 Å². The molecule has 4 rings (SSSR count). The van der Waals surface area contributed by atoms with Crippen molar-refractivity contribution in [1.29, 1.82) is 5.41 Å². The van der Waals surface area contributed by atoms with Gasteiger partial charge in [-0.3, -0.25) is 0 Å². The maximum Gasteiger partial charge on any atom is 0.354 e. The molecule has 2 aliphatic carbocycles. The molecule has 1 heterocycles. The van der Waals surface area contributed by atoms with Gasteiger partial charge < -0.3 is 16.0 Å². The van der Waals surface area contributed by atoms with Crippen LogP contribution < -0.4 is 15.8 Å². The third-order valence-corrected chi connectivity index (χ3v) is 7.29. The molecule has 2 amide bonds. The first-order valence-corrected chi connectivity index (χ1v) is 11.6. The second kappa shape index (κ2) is 7.67. The summed E-state index contributed by atoms with van der Waals surface area (Å²) in [5.74, 6) is 0. The second-order valence-electron chi connectivity index (χ2n) is 7.70. The van der Waals surface area contributed by atoms with Crippen LogP contribution in [0, 0.1) is 5.41 Å². The first-order valence-electron chi connectivity index (χ1n) is 9.99. The van der Waals surface area contributed by atoms with Crippen LogP contribution in [0.4, 0.5) is 10.5 Å². The van der Waals surface area contributed by atoms with Crippen molar-refractivity contribution in [1.82, 2.24) is 5.32 Å². The third-order valence-electron chi connectivity index (χ3n) is 5.86. The van der Waals surface area contributed by atoms with E-state index < -0.39 is 15.9 Å². The Kier molecular flexibility index (Phi) is 5.25. The summed E-state index contributed by atoms with van der Waals surface area (Å²) >= 11 is 0. The lowest BCUT2D eigenvalue weighted by molar-refractivity contribution is 0.260. The van der Waals surface area contributed by atoms with Crippen molar-refractivity contribution in [2.24, 2.45) is 9.50 Å². The number of urea groups is 1. The number of hydrogen-bond acceptors (Lipinski definition) is 4. The highest BCUT2D eigenvalue weighted by atomic mass is 32.2. The lowest BCUT2D eigenvalue weighted by atomic mass is 9.99. The Labute approximate surface area is 166 Å². The van der Waals surface area contributed by atoms with Gasteiger partial charge in [-0.1, -0.05) is 6.07 Å². The number of anilines is 1. The number of hydrogen-bond donors (Lipinski definition) is 4. The monoisotopic (exact) mass is 401 g/mol. The predicted octanol–water partition coefficient (Wildman–Crippen LogP) is 3.17. The zero-order chi connectivity index (χ0) is 19.7. The number of nitrogens with zero attached hydrogens (tertiary/aromatic N) is 1. The smallest absolute Gasteiger partial charge is 0.354 e. The lowest BCUT2D eigenvalue weighted by Gasteiger charge is -2.20. The average molecular weight is 402 g/mol. The minimum atomic E-state index is -3.48. The molecule has 1 saturated heterocycles. The third kappa shape index (κ3) is 3.58. The van der Waals surface area contributed by atoms with E-state index in [-0.39, 0.29) is 4.91 Å². The summed E-state index contributed by atoms with van der Waals surface area (Å²) in [5.41, 5.74) is 6.49. The van der Waals surface area contributed by atoms with Crippen LogP contribution in [0.3, 0.4) is 0 Å². The molecule has 0 saturated carbocycles. The van der Waals surface area contributed by atoms with Gasteiger partial charge in [0.25, 0.3) is 0 Å². The average Bonchev–Trinajstić information content (AvgIpc) is 3.31. The topological polar surface area (TPSA) is 120 Å². The number of carbonyl (C=O) groups excluding carboxylic acids is 1. The van der Waals surface area contributed by atoms with Gasteiger partial charge in [-0.2, -0.15) is 0 Å². The summed E-state index contributed by atoms with van der Waals surface area (Å²) in [6, 6.07) is 1.59. The highest BCUT2D eigenvalue weighted by Gasteiger charge is 2.25. The highest BCUT2D eigenvalue weighted by molar-refractivity contribution is 7.96. The Morgan fingerprint density at radius 3 is 2.36 bits per heavy atom. The van der Waals surface area contributed by atoms with Crippen molar-refractivity contribution in [3.63, 3.8) is 0 Å². The summed E-state index contributed by atoms with van der Waals surface area (Å²) < 4.78 is 16.8. The van der Waals surface area contributed by atoms with E-state index in [1.54, 1.807) is 0 Å². The van der Waals surface area contributed by atoms with E-state index >= 15 is 0 Å². The minimum absolute atomic E-state index is 0.117. The maximum absolute atomic E-state index is 13.0. The van der Waals surface area contributed by atoms with E-state index in [1.807, 2.05) is 0 Å². The zero-order valence-corrected chi connectivity index (χ0v) is 16.8. The van der Waals surface area contributed by atoms with E-state index in [0.29, 0.717) is 12.1 Å². The van der Waals surface area contributed by atoms with Crippen molar-refractivity contribution in [2.45, 2.75) is 57.8 Å². The Balaban J connectivity index is 1.66. The molecule has 7 nitrogen and oxygen atoms in total. The molecule has 1 fully saturated rings. The molecule has 28 heavy (non-hydrogen) atoms. The van der Waals surface area contributed by atoms with Crippen molar-refractivity contribution in [3.05, 3.63) is 38.9 Å². The predicted molar refractivity (Wildman–Crippen MR) is 112 cm³/mol. The van der Waals surface area contributed by atoms with E-state index in [0.717, 1.165) is 69.8 Å². The summed E-state index contributed by atoms with van der Waals surface area (Å²) in [6.45, 7) is 0.747. The molecule has 3 aliphatic rings. The van der Waals surface area contributed by atoms with E-state index in [4.69, 9.17) is 10.5 Å². The van der Waals surface area contributed by atoms with Crippen LogP contribution in [-0.4, -0.2) is 23.0 Å². The van der Waals surface area contributed by atoms with Gasteiger partial charge in [0, 0.05) is 24.1 Å². The van der Waals surface area contributed by atoms with Gasteiger partial charge in [-0.15, -0.1) is 4.36 Å². The number of nitrogens with one attached hydrogen (secondary N) is 3. The molecule has 8 heteroatoms. The van der Waals surface area contributed by atoms with Crippen LogP contribution in [0.15, 0.2) is 21.0 Å². The van der Waals surface area contributed by atoms with Crippen LogP contribution in [-0.2, 0) is 35.6 Å². The largest absolute Gasteiger partial charge is 0.387 e. The molecular formula is C20H27N5O2S. The molecule has 150 valence electrons.